The zero-order valence-electron chi connectivity index (χ0n) is 15.5. The molecule has 2 aromatic rings. The number of ether oxygens (including phenoxy) is 1. The Bertz CT molecular complexity index is 748. The second kappa shape index (κ2) is 10.3. The Labute approximate surface area is 158 Å². The van der Waals surface area contributed by atoms with Crippen LogP contribution < -0.4 is 15.4 Å². The molecule has 0 aromatic heterocycles. The van der Waals surface area contributed by atoms with Gasteiger partial charge in [0.1, 0.15) is 18.2 Å². The van der Waals surface area contributed by atoms with Gasteiger partial charge in [0.15, 0.2) is 0 Å². The summed E-state index contributed by atoms with van der Waals surface area (Å²) in [5.74, 6) is 0.00890. The molecule has 7 heteroatoms. The van der Waals surface area contributed by atoms with E-state index in [1.165, 1.54) is 19.1 Å². The molecule has 0 aliphatic rings. The number of nitrogens with one attached hydrogen (secondary N) is 2. The Morgan fingerprint density at radius 1 is 1.00 bits per heavy atom. The summed E-state index contributed by atoms with van der Waals surface area (Å²) in [5, 5.41) is 5.50. The highest BCUT2D eigenvalue weighted by molar-refractivity contribution is 5.93. The van der Waals surface area contributed by atoms with Crippen LogP contribution in [-0.4, -0.2) is 43.0 Å². The second-order valence-electron chi connectivity index (χ2n) is 5.98. The Morgan fingerprint density at radius 3 is 2.15 bits per heavy atom. The van der Waals surface area contributed by atoms with Gasteiger partial charge < -0.3 is 15.4 Å². The molecule has 0 saturated heterocycles. The van der Waals surface area contributed by atoms with Gasteiger partial charge in [-0.05, 0) is 55.1 Å². The molecule has 0 radical (unpaired) electrons. The van der Waals surface area contributed by atoms with Gasteiger partial charge in [-0.3, -0.25) is 14.5 Å². The van der Waals surface area contributed by atoms with Crippen molar-refractivity contribution in [1.82, 2.24) is 4.90 Å². The highest BCUT2D eigenvalue weighted by Crippen LogP contribution is 2.14. The van der Waals surface area contributed by atoms with Crippen molar-refractivity contribution in [2.75, 3.05) is 36.9 Å². The number of hydrogen-bond donors (Lipinski definition) is 2. The van der Waals surface area contributed by atoms with Gasteiger partial charge in [0.25, 0.3) is 0 Å². The van der Waals surface area contributed by atoms with E-state index in [1.54, 1.807) is 36.4 Å². The maximum Gasteiger partial charge on any atom is 0.238 e. The predicted molar refractivity (Wildman–Crippen MR) is 103 cm³/mol. The fraction of sp³-hybridized carbons (Fsp3) is 0.300. The number of halogens is 1. The van der Waals surface area contributed by atoms with Crippen molar-refractivity contribution in [3.05, 3.63) is 54.3 Å². The summed E-state index contributed by atoms with van der Waals surface area (Å²) in [6.45, 7) is 5.31. The first-order valence-electron chi connectivity index (χ1n) is 8.74. The van der Waals surface area contributed by atoms with E-state index in [9.17, 15) is 14.0 Å². The number of likely N-dealkylation sites (N-methyl/N-ethyl adjacent to an activating group) is 1. The van der Waals surface area contributed by atoms with Crippen molar-refractivity contribution in [1.29, 1.82) is 0 Å². The molecule has 144 valence electrons. The van der Waals surface area contributed by atoms with Crippen LogP contribution in [0.3, 0.4) is 0 Å². The van der Waals surface area contributed by atoms with E-state index in [2.05, 4.69) is 10.6 Å². The lowest BCUT2D eigenvalue weighted by Crippen LogP contribution is -2.35. The van der Waals surface area contributed by atoms with Crippen molar-refractivity contribution < 1.29 is 18.7 Å². The first-order valence-corrected chi connectivity index (χ1v) is 8.74. The van der Waals surface area contributed by atoms with E-state index < -0.39 is 0 Å². The van der Waals surface area contributed by atoms with Gasteiger partial charge >= 0.3 is 0 Å². The van der Waals surface area contributed by atoms with Gasteiger partial charge in [0.05, 0.1) is 6.54 Å². The first kappa shape index (κ1) is 20.4. The van der Waals surface area contributed by atoms with E-state index in [0.29, 0.717) is 36.8 Å². The Balaban J connectivity index is 1.76. The summed E-state index contributed by atoms with van der Waals surface area (Å²) in [6, 6.07) is 12.8. The molecule has 27 heavy (non-hydrogen) atoms. The molecular formula is C20H24FN3O3. The normalized spacial score (nSPS) is 10.5. The molecule has 0 saturated carbocycles. The molecule has 2 amide bonds. The summed E-state index contributed by atoms with van der Waals surface area (Å²) in [5.41, 5.74) is 1.33. The number of carbonyl (C=O) groups excluding carboxylic acids is 2. The minimum Gasteiger partial charge on any atom is -0.492 e. The molecule has 0 fully saturated rings. The molecule has 0 spiro atoms. The summed E-state index contributed by atoms with van der Waals surface area (Å²) >= 11 is 0. The van der Waals surface area contributed by atoms with E-state index in [-0.39, 0.29) is 24.2 Å². The largest absolute Gasteiger partial charge is 0.492 e. The smallest absolute Gasteiger partial charge is 0.238 e. The number of anilines is 2. The van der Waals surface area contributed by atoms with Crippen molar-refractivity contribution in [3.63, 3.8) is 0 Å². The molecule has 0 aliphatic carbocycles. The van der Waals surface area contributed by atoms with E-state index in [0.717, 1.165) is 0 Å². The zero-order chi connectivity index (χ0) is 19.6. The third-order valence-corrected chi connectivity index (χ3v) is 3.79. The Morgan fingerprint density at radius 2 is 1.59 bits per heavy atom. The van der Waals surface area contributed by atoms with Crippen molar-refractivity contribution in [3.8, 4) is 5.75 Å². The number of hydrogen-bond acceptors (Lipinski definition) is 4. The van der Waals surface area contributed by atoms with Crippen LogP contribution in [0.5, 0.6) is 5.75 Å². The first-order chi connectivity index (χ1) is 13.0. The maximum absolute atomic E-state index is 12.9. The SMILES string of the molecule is CCN(CCOc1ccc(F)cc1)CC(=O)Nc1ccc(NC(C)=O)cc1. The lowest BCUT2D eigenvalue weighted by molar-refractivity contribution is -0.117. The zero-order valence-corrected chi connectivity index (χ0v) is 15.5. The summed E-state index contributed by atoms with van der Waals surface area (Å²) < 4.78 is 18.4. The number of benzene rings is 2. The van der Waals surface area contributed by atoms with Crippen LogP contribution in [0.4, 0.5) is 15.8 Å². The minimum atomic E-state index is -0.306. The molecule has 0 unspecified atom stereocenters. The van der Waals surface area contributed by atoms with Crippen molar-refractivity contribution >= 4 is 23.2 Å². The fourth-order valence-electron chi connectivity index (χ4n) is 2.42. The number of rotatable bonds is 9. The number of carbonyl (C=O) groups is 2. The van der Waals surface area contributed by atoms with Crippen molar-refractivity contribution in [2.45, 2.75) is 13.8 Å². The summed E-state index contributed by atoms with van der Waals surface area (Å²) in [7, 11) is 0. The van der Waals surface area contributed by atoms with E-state index in [1.807, 2.05) is 11.8 Å². The fourth-order valence-corrected chi connectivity index (χ4v) is 2.42. The van der Waals surface area contributed by atoms with Gasteiger partial charge in [-0.15, -0.1) is 0 Å². The van der Waals surface area contributed by atoms with Crippen LogP contribution in [0, 0.1) is 5.82 Å². The highest BCUT2D eigenvalue weighted by Gasteiger charge is 2.10. The molecule has 0 atom stereocenters. The Kier molecular flexibility index (Phi) is 7.76. The highest BCUT2D eigenvalue weighted by atomic mass is 19.1. The van der Waals surface area contributed by atoms with Crippen LogP contribution in [-0.2, 0) is 9.59 Å². The van der Waals surface area contributed by atoms with Crippen LogP contribution in [0.25, 0.3) is 0 Å². The third kappa shape index (κ3) is 7.45. The van der Waals surface area contributed by atoms with Gasteiger partial charge in [-0.2, -0.15) is 0 Å². The standard InChI is InChI=1S/C20H24FN3O3/c1-3-24(12-13-27-19-10-4-16(21)5-11-19)14-20(26)23-18-8-6-17(7-9-18)22-15(2)25/h4-11H,3,12-14H2,1-2H3,(H,22,25)(H,23,26). The molecule has 0 heterocycles. The molecule has 2 aromatic carbocycles. The molecule has 0 bridgehead atoms. The topological polar surface area (TPSA) is 70.7 Å². The molecule has 0 aliphatic heterocycles. The molecular weight excluding hydrogens is 349 g/mol. The number of amides is 2. The van der Waals surface area contributed by atoms with Gasteiger partial charge in [-0.25, -0.2) is 4.39 Å². The predicted octanol–water partition coefficient (Wildman–Crippen LogP) is 3.12. The van der Waals surface area contributed by atoms with Gasteiger partial charge in [-0.1, -0.05) is 6.92 Å². The minimum absolute atomic E-state index is 0.133. The average Bonchev–Trinajstić information content (AvgIpc) is 2.63. The monoisotopic (exact) mass is 373 g/mol. The van der Waals surface area contributed by atoms with Crippen LogP contribution in [0.2, 0.25) is 0 Å². The number of nitrogens with zero attached hydrogens (tertiary/aromatic N) is 1. The Hall–Kier alpha value is -2.93. The van der Waals surface area contributed by atoms with Crippen LogP contribution in [0.1, 0.15) is 13.8 Å². The molecule has 2 rings (SSSR count). The van der Waals surface area contributed by atoms with E-state index >= 15 is 0 Å². The quantitative estimate of drug-likeness (QED) is 0.709. The van der Waals surface area contributed by atoms with Crippen molar-refractivity contribution in [2.24, 2.45) is 0 Å². The van der Waals surface area contributed by atoms with Crippen LogP contribution >= 0.6 is 0 Å². The summed E-state index contributed by atoms with van der Waals surface area (Å²) in [4.78, 5) is 25.2. The third-order valence-electron chi connectivity index (χ3n) is 3.79. The average molecular weight is 373 g/mol. The lowest BCUT2D eigenvalue weighted by atomic mass is 10.2. The van der Waals surface area contributed by atoms with E-state index in [4.69, 9.17) is 4.74 Å². The van der Waals surface area contributed by atoms with Gasteiger partial charge in [0.2, 0.25) is 11.8 Å². The maximum atomic E-state index is 12.9. The molecule has 6 nitrogen and oxygen atoms in total. The lowest BCUT2D eigenvalue weighted by Gasteiger charge is -2.20. The van der Waals surface area contributed by atoms with Crippen LogP contribution in [0.15, 0.2) is 48.5 Å². The second-order valence-corrected chi connectivity index (χ2v) is 5.98. The van der Waals surface area contributed by atoms with Gasteiger partial charge in [0, 0.05) is 24.8 Å². The summed E-state index contributed by atoms with van der Waals surface area (Å²) in [6.07, 6.45) is 0. The molecule has 2 N–H and O–H groups in total.